The van der Waals surface area contributed by atoms with E-state index in [9.17, 15) is 9.18 Å². The molecule has 8 heteroatoms. The Morgan fingerprint density at radius 3 is 2.59 bits per heavy atom. The number of benzene rings is 2. The molecular formula is C19H14FN5OS. The molecule has 0 unspecified atom stereocenters. The van der Waals surface area contributed by atoms with Crippen LogP contribution in [0.4, 0.5) is 10.1 Å². The van der Waals surface area contributed by atoms with E-state index in [1.54, 1.807) is 4.52 Å². The molecule has 0 bridgehead atoms. The Labute approximate surface area is 158 Å². The number of hydrogen-bond acceptors (Lipinski definition) is 5. The maximum absolute atomic E-state index is 13.0. The standard InChI is InChI=1S/C19H14FN5OS/c1-12-10-17(25-19(23-12)21-11-22-25)27-16-8-6-15(7-9-16)24-18(26)13-2-4-14(20)5-3-13/h2-11H,1H3,(H,24,26). The number of carbonyl (C=O) groups excluding carboxylic acids is 1. The van der Waals surface area contributed by atoms with Crippen molar-refractivity contribution in [1.82, 2.24) is 19.6 Å². The summed E-state index contributed by atoms with van der Waals surface area (Å²) in [4.78, 5) is 21.6. The molecule has 0 radical (unpaired) electrons. The molecular weight excluding hydrogens is 365 g/mol. The highest BCUT2D eigenvalue weighted by molar-refractivity contribution is 7.99. The van der Waals surface area contributed by atoms with E-state index < -0.39 is 0 Å². The molecule has 1 N–H and O–H groups in total. The molecule has 134 valence electrons. The van der Waals surface area contributed by atoms with Crippen LogP contribution in [0.15, 0.2) is 70.8 Å². The van der Waals surface area contributed by atoms with E-state index in [1.165, 1.54) is 42.4 Å². The van der Waals surface area contributed by atoms with Gasteiger partial charge in [0.15, 0.2) is 0 Å². The van der Waals surface area contributed by atoms with Crippen molar-refractivity contribution >= 4 is 29.1 Å². The summed E-state index contributed by atoms with van der Waals surface area (Å²) in [5, 5.41) is 7.89. The van der Waals surface area contributed by atoms with Crippen molar-refractivity contribution in [1.29, 1.82) is 0 Å². The Morgan fingerprint density at radius 1 is 1.11 bits per heavy atom. The summed E-state index contributed by atoms with van der Waals surface area (Å²) in [5.74, 6) is -0.106. The summed E-state index contributed by atoms with van der Waals surface area (Å²) in [6.45, 7) is 1.91. The number of aryl methyl sites for hydroxylation is 1. The van der Waals surface area contributed by atoms with Crippen LogP contribution in [-0.4, -0.2) is 25.5 Å². The monoisotopic (exact) mass is 379 g/mol. The molecule has 0 spiro atoms. The normalized spacial score (nSPS) is 10.9. The molecule has 2 aromatic heterocycles. The number of amides is 1. The van der Waals surface area contributed by atoms with E-state index in [1.807, 2.05) is 37.3 Å². The highest BCUT2D eigenvalue weighted by atomic mass is 32.2. The number of halogens is 1. The van der Waals surface area contributed by atoms with Crippen LogP contribution in [-0.2, 0) is 0 Å². The van der Waals surface area contributed by atoms with Crippen LogP contribution >= 0.6 is 11.8 Å². The summed E-state index contributed by atoms with van der Waals surface area (Å²) in [6.07, 6.45) is 1.47. The smallest absolute Gasteiger partial charge is 0.255 e. The molecule has 2 heterocycles. The van der Waals surface area contributed by atoms with E-state index in [-0.39, 0.29) is 11.7 Å². The quantitative estimate of drug-likeness (QED) is 0.543. The van der Waals surface area contributed by atoms with Gasteiger partial charge in [0.05, 0.1) is 0 Å². The minimum atomic E-state index is -0.374. The molecule has 4 rings (SSSR count). The van der Waals surface area contributed by atoms with E-state index in [4.69, 9.17) is 0 Å². The highest BCUT2D eigenvalue weighted by Gasteiger charge is 2.09. The number of aromatic nitrogens is 4. The highest BCUT2D eigenvalue weighted by Crippen LogP contribution is 2.28. The number of carbonyl (C=O) groups is 1. The van der Waals surface area contributed by atoms with Gasteiger partial charge >= 0.3 is 0 Å². The fourth-order valence-corrected chi connectivity index (χ4v) is 3.46. The molecule has 0 aliphatic heterocycles. The van der Waals surface area contributed by atoms with E-state index >= 15 is 0 Å². The van der Waals surface area contributed by atoms with Crippen molar-refractivity contribution in [2.24, 2.45) is 0 Å². The van der Waals surface area contributed by atoms with Crippen LogP contribution in [0.3, 0.4) is 0 Å². The zero-order valence-electron chi connectivity index (χ0n) is 14.3. The van der Waals surface area contributed by atoms with Gasteiger partial charge in [0.2, 0.25) is 0 Å². The molecule has 2 aromatic carbocycles. The van der Waals surface area contributed by atoms with Crippen LogP contribution in [0.25, 0.3) is 5.78 Å². The number of nitrogens with zero attached hydrogens (tertiary/aromatic N) is 4. The first-order valence-corrected chi connectivity index (χ1v) is 8.92. The second kappa shape index (κ2) is 7.16. The third-order valence-electron chi connectivity index (χ3n) is 3.79. The summed E-state index contributed by atoms with van der Waals surface area (Å²) < 4.78 is 14.6. The van der Waals surface area contributed by atoms with Gasteiger partial charge in [-0.05, 0) is 61.5 Å². The van der Waals surface area contributed by atoms with Gasteiger partial charge in [0.1, 0.15) is 17.2 Å². The van der Waals surface area contributed by atoms with Gasteiger partial charge in [-0.2, -0.15) is 14.6 Å². The third kappa shape index (κ3) is 3.80. The molecule has 4 aromatic rings. The van der Waals surface area contributed by atoms with Crippen LogP contribution in [0.2, 0.25) is 0 Å². The van der Waals surface area contributed by atoms with Gasteiger partial charge in [-0.15, -0.1) is 0 Å². The average molecular weight is 379 g/mol. The Morgan fingerprint density at radius 2 is 1.85 bits per heavy atom. The van der Waals surface area contributed by atoms with Crippen LogP contribution < -0.4 is 5.32 Å². The molecule has 27 heavy (non-hydrogen) atoms. The van der Waals surface area contributed by atoms with Gasteiger partial charge < -0.3 is 5.32 Å². The lowest BCUT2D eigenvalue weighted by molar-refractivity contribution is 0.102. The molecule has 6 nitrogen and oxygen atoms in total. The number of hydrogen-bond donors (Lipinski definition) is 1. The minimum Gasteiger partial charge on any atom is -0.322 e. The Bertz CT molecular complexity index is 1110. The van der Waals surface area contributed by atoms with Crippen molar-refractivity contribution in [2.45, 2.75) is 16.8 Å². The van der Waals surface area contributed by atoms with E-state index in [0.717, 1.165) is 15.6 Å². The largest absolute Gasteiger partial charge is 0.322 e. The first kappa shape index (κ1) is 17.2. The fraction of sp³-hybridized carbons (Fsp3) is 0.0526. The predicted molar refractivity (Wildman–Crippen MR) is 100 cm³/mol. The second-order valence-corrected chi connectivity index (χ2v) is 6.89. The Balaban J connectivity index is 1.49. The fourth-order valence-electron chi connectivity index (χ4n) is 2.50. The zero-order valence-corrected chi connectivity index (χ0v) is 15.1. The van der Waals surface area contributed by atoms with Crippen molar-refractivity contribution in [2.75, 3.05) is 5.32 Å². The Kier molecular flexibility index (Phi) is 4.55. The summed E-state index contributed by atoms with van der Waals surface area (Å²) in [6, 6.07) is 14.8. The molecule has 0 aliphatic carbocycles. The topological polar surface area (TPSA) is 72.2 Å². The zero-order chi connectivity index (χ0) is 18.8. The summed E-state index contributed by atoms with van der Waals surface area (Å²) >= 11 is 1.53. The molecule has 0 saturated heterocycles. The lowest BCUT2D eigenvalue weighted by Crippen LogP contribution is -2.11. The minimum absolute atomic E-state index is 0.288. The molecule has 0 atom stereocenters. The number of nitrogens with one attached hydrogen (secondary N) is 1. The molecule has 0 fully saturated rings. The van der Waals surface area contributed by atoms with E-state index in [0.29, 0.717) is 17.0 Å². The maximum atomic E-state index is 13.0. The average Bonchev–Trinajstić information content (AvgIpc) is 3.12. The van der Waals surface area contributed by atoms with Crippen molar-refractivity contribution in [3.63, 3.8) is 0 Å². The summed E-state index contributed by atoms with van der Waals surface area (Å²) in [5.41, 5.74) is 1.92. The number of anilines is 1. The van der Waals surface area contributed by atoms with Crippen LogP contribution in [0, 0.1) is 12.7 Å². The van der Waals surface area contributed by atoms with Crippen LogP contribution in [0.5, 0.6) is 0 Å². The van der Waals surface area contributed by atoms with Gasteiger partial charge in [-0.25, -0.2) is 9.37 Å². The predicted octanol–water partition coefficient (Wildman–Crippen LogP) is 3.98. The van der Waals surface area contributed by atoms with Gasteiger partial charge in [0.25, 0.3) is 11.7 Å². The SMILES string of the molecule is Cc1cc(Sc2ccc(NC(=O)c3ccc(F)cc3)cc2)n2ncnc2n1. The van der Waals surface area contributed by atoms with Crippen molar-refractivity contribution in [3.8, 4) is 0 Å². The molecule has 0 aliphatic rings. The van der Waals surface area contributed by atoms with Crippen LogP contribution in [0.1, 0.15) is 16.1 Å². The Hall–Kier alpha value is -3.26. The third-order valence-corrected chi connectivity index (χ3v) is 4.80. The van der Waals surface area contributed by atoms with Gasteiger partial charge in [-0.3, -0.25) is 4.79 Å². The van der Waals surface area contributed by atoms with E-state index in [2.05, 4.69) is 20.4 Å². The van der Waals surface area contributed by atoms with Gasteiger partial charge in [0, 0.05) is 21.8 Å². The number of rotatable bonds is 4. The second-order valence-electron chi connectivity index (χ2n) is 5.80. The first-order valence-electron chi connectivity index (χ1n) is 8.11. The number of fused-ring (bicyclic) bond motifs is 1. The van der Waals surface area contributed by atoms with Crippen molar-refractivity contribution < 1.29 is 9.18 Å². The first-order chi connectivity index (χ1) is 13.1. The molecule has 0 saturated carbocycles. The van der Waals surface area contributed by atoms with Gasteiger partial charge in [-0.1, -0.05) is 11.8 Å². The maximum Gasteiger partial charge on any atom is 0.255 e. The lowest BCUT2D eigenvalue weighted by Gasteiger charge is -2.08. The molecule has 1 amide bonds. The lowest BCUT2D eigenvalue weighted by atomic mass is 10.2. The van der Waals surface area contributed by atoms with Crippen molar-refractivity contribution in [3.05, 3.63) is 78.0 Å². The summed E-state index contributed by atoms with van der Waals surface area (Å²) in [7, 11) is 0.